The first-order valence-electron chi connectivity index (χ1n) is 10.5. The summed E-state index contributed by atoms with van der Waals surface area (Å²) in [5.74, 6) is -0.423. The summed E-state index contributed by atoms with van der Waals surface area (Å²) in [7, 11) is 1.36. The predicted octanol–water partition coefficient (Wildman–Crippen LogP) is 6.70. The molecular weight excluding hydrogens is 410 g/mol. The lowest BCUT2D eigenvalue weighted by Crippen LogP contribution is -2.09. The van der Waals surface area contributed by atoms with Gasteiger partial charge < -0.3 is 15.8 Å². The SMILES string of the molecule is CC.COc1cc(F)c(-c2nc(C)n(/C(C)=C(\C)N)c2Nc2c(C)cccc2C)c(F)c1. The Bertz CT molecular complexity index is 1100. The number of hydrogen-bond donors (Lipinski definition) is 2. The number of aryl methyl sites for hydroxylation is 3. The highest BCUT2D eigenvalue weighted by Gasteiger charge is 2.25. The van der Waals surface area contributed by atoms with Crippen LogP contribution >= 0.6 is 0 Å². The molecule has 0 bridgehead atoms. The second-order valence-electron chi connectivity index (χ2n) is 7.32. The third kappa shape index (κ3) is 4.77. The number of ether oxygens (including phenoxy) is 1. The monoisotopic (exact) mass is 442 g/mol. The van der Waals surface area contributed by atoms with Crippen molar-refractivity contribution in [3.63, 3.8) is 0 Å². The Morgan fingerprint density at radius 2 is 1.56 bits per heavy atom. The molecular formula is C25H32F2N4O. The Morgan fingerprint density at radius 3 is 2.03 bits per heavy atom. The van der Waals surface area contributed by atoms with E-state index in [1.165, 1.54) is 7.11 Å². The third-order valence-electron chi connectivity index (χ3n) is 5.16. The number of nitrogens with two attached hydrogens (primary N) is 1. The molecule has 0 aliphatic rings. The zero-order valence-corrected chi connectivity index (χ0v) is 20.0. The number of para-hydroxylation sites is 1. The summed E-state index contributed by atoms with van der Waals surface area (Å²) in [6.45, 7) is 13.3. The van der Waals surface area contributed by atoms with E-state index < -0.39 is 11.6 Å². The lowest BCUT2D eigenvalue weighted by atomic mass is 10.1. The van der Waals surface area contributed by atoms with Crippen molar-refractivity contribution in [2.24, 2.45) is 5.73 Å². The first-order valence-corrected chi connectivity index (χ1v) is 10.5. The Morgan fingerprint density at radius 1 is 1.03 bits per heavy atom. The van der Waals surface area contributed by atoms with Crippen LogP contribution in [0.1, 0.15) is 44.6 Å². The van der Waals surface area contributed by atoms with Crippen LogP contribution in [0.3, 0.4) is 0 Å². The number of methoxy groups -OCH3 is 1. The maximum atomic E-state index is 14.9. The number of nitrogens with one attached hydrogen (secondary N) is 1. The van der Waals surface area contributed by atoms with Crippen LogP contribution in [0, 0.1) is 32.4 Å². The van der Waals surface area contributed by atoms with Crippen LogP contribution in [0.2, 0.25) is 0 Å². The van der Waals surface area contributed by atoms with Crippen molar-refractivity contribution >= 4 is 17.2 Å². The van der Waals surface area contributed by atoms with Crippen LogP contribution in [0.5, 0.6) is 5.75 Å². The molecule has 172 valence electrons. The summed E-state index contributed by atoms with van der Waals surface area (Å²) in [4.78, 5) is 4.51. The van der Waals surface area contributed by atoms with Crippen molar-refractivity contribution in [2.45, 2.75) is 48.5 Å². The fourth-order valence-corrected chi connectivity index (χ4v) is 3.43. The Labute approximate surface area is 188 Å². The maximum absolute atomic E-state index is 14.9. The molecule has 1 aromatic heterocycles. The molecule has 0 spiro atoms. The van der Waals surface area contributed by atoms with Crippen molar-refractivity contribution in [3.8, 4) is 17.0 Å². The standard InChI is InChI=1S/C23H26F2N4O.C2H6/c1-12-8-7-9-13(2)21(12)28-23-22(27-16(5)29(23)15(4)14(3)26)20-18(24)10-17(30-6)11-19(20)25;1-2/h7-11,28H,26H2,1-6H3;1-2H3/b15-14+;. The van der Waals surface area contributed by atoms with E-state index in [4.69, 9.17) is 10.5 Å². The second kappa shape index (κ2) is 10.3. The number of imidazole rings is 1. The van der Waals surface area contributed by atoms with Crippen molar-refractivity contribution in [1.29, 1.82) is 0 Å². The van der Waals surface area contributed by atoms with Crippen LogP contribution in [-0.4, -0.2) is 16.7 Å². The maximum Gasteiger partial charge on any atom is 0.143 e. The molecule has 0 radical (unpaired) electrons. The van der Waals surface area contributed by atoms with E-state index in [-0.39, 0.29) is 17.0 Å². The van der Waals surface area contributed by atoms with Crippen LogP contribution < -0.4 is 15.8 Å². The molecule has 0 unspecified atom stereocenters. The minimum absolute atomic E-state index is 0.100. The van der Waals surface area contributed by atoms with Gasteiger partial charge in [-0.05, 0) is 45.7 Å². The zero-order valence-electron chi connectivity index (χ0n) is 20.0. The van der Waals surface area contributed by atoms with Gasteiger partial charge in [-0.15, -0.1) is 0 Å². The Balaban J connectivity index is 0.00000176. The molecule has 0 aliphatic heterocycles. The molecule has 3 N–H and O–H groups in total. The fourth-order valence-electron chi connectivity index (χ4n) is 3.43. The van der Waals surface area contributed by atoms with Gasteiger partial charge in [-0.25, -0.2) is 13.8 Å². The van der Waals surface area contributed by atoms with Gasteiger partial charge in [0.25, 0.3) is 0 Å². The number of nitrogens with zero attached hydrogens (tertiary/aromatic N) is 2. The number of hydrogen-bond acceptors (Lipinski definition) is 4. The number of benzene rings is 2. The molecule has 1 heterocycles. The molecule has 0 amide bonds. The van der Waals surface area contributed by atoms with E-state index >= 15 is 0 Å². The molecule has 5 nitrogen and oxygen atoms in total. The van der Waals surface area contributed by atoms with Gasteiger partial charge in [0, 0.05) is 29.2 Å². The van der Waals surface area contributed by atoms with Crippen molar-refractivity contribution in [1.82, 2.24) is 9.55 Å². The molecule has 2 aromatic carbocycles. The molecule has 3 rings (SSSR count). The molecule has 0 aliphatic carbocycles. The zero-order chi connectivity index (χ0) is 24.2. The number of aromatic nitrogens is 2. The third-order valence-corrected chi connectivity index (χ3v) is 5.16. The fraction of sp³-hybridized carbons (Fsp3) is 0.320. The number of halogens is 2. The largest absolute Gasteiger partial charge is 0.497 e. The Kier molecular flexibility index (Phi) is 8.02. The summed E-state index contributed by atoms with van der Waals surface area (Å²) in [6, 6.07) is 8.18. The van der Waals surface area contributed by atoms with Crippen molar-refractivity contribution < 1.29 is 13.5 Å². The summed E-state index contributed by atoms with van der Waals surface area (Å²) >= 11 is 0. The van der Waals surface area contributed by atoms with E-state index in [0.717, 1.165) is 28.9 Å². The average molecular weight is 443 g/mol. The van der Waals surface area contributed by atoms with Crippen LogP contribution in [-0.2, 0) is 0 Å². The Hall–Kier alpha value is -3.35. The number of rotatable bonds is 5. The average Bonchev–Trinajstić information content (AvgIpc) is 3.06. The molecule has 32 heavy (non-hydrogen) atoms. The highest BCUT2D eigenvalue weighted by molar-refractivity contribution is 5.81. The highest BCUT2D eigenvalue weighted by Crippen LogP contribution is 2.38. The number of anilines is 2. The molecule has 0 fully saturated rings. The summed E-state index contributed by atoms with van der Waals surface area (Å²) in [5.41, 5.74) is 10.1. The van der Waals surface area contributed by atoms with E-state index in [1.807, 2.05) is 52.8 Å². The first-order chi connectivity index (χ1) is 15.1. The van der Waals surface area contributed by atoms with Gasteiger partial charge in [-0.2, -0.15) is 0 Å². The minimum atomic E-state index is -0.757. The lowest BCUT2D eigenvalue weighted by molar-refractivity contribution is 0.407. The van der Waals surface area contributed by atoms with Crippen molar-refractivity contribution in [2.75, 3.05) is 12.4 Å². The molecule has 0 saturated carbocycles. The van der Waals surface area contributed by atoms with Gasteiger partial charge in [0.15, 0.2) is 0 Å². The van der Waals surface area contributed by atoms with E-state index in [0.29, 0.717) is 23.0 Å². The van der Waals surface area contributed by atoms with E-state index in [2.05, 4.69) is 10.3 Å². The van der Waals surface area contributed by atoms with Gasteiger partial charge in [0.2, 0.25) is 0 Å². The second-order valence-corrected chi connectivity index (χ2v) is 7.32. The molecule has 0 atom stereocenters. The molecule has 0 saturated heterocycles. The van der Waals surface area contributed by atoms with Crippen LogP contribution in [0.4, 0.5) is 20.3 Å². The van der Waals surface area contributed by atoms with Gasteiger partial charge in [0.1, 0.15) is 34.7 Å². The van der Waals surface area contributed by atoms with Gasteiger partial charge in [0.05, 0.1) is 12.7 Å². The molecule has 3 aromatic rings. The van der Waals surface area contributed by atoms with Gasteiger partial charge >= 0.3 is 0 Å². The summed E-state index contributed by atoms with van der Waals surface area (Å²) in [6.07, 6.45) is 0. The quantitative estimate of drug-likeness (QED) is 0.461. The lowest BCUT2D eigenvalue weighted by Gasteiger charge is -2.18. The van der Waals surface area contributed by atoms with Crippen LogP contribution in [0.15, 0.2) is 36.0 Å². The summed E-state index contributed by atoms with van der Waals surface area (Å²) < 4.78 is 36.6. The van der Waals surface area contributed by atoms with E-state index in [1.54, 1.807) is 18.4 Å². The molecule has 7 heteroatoms. The van der Waals surface area contributed by atoms with Gasteiger partial charge in [-0.3, -0.25) is 4.57 Å². The highest BCUT2D eigenvalue weighted by atomic mass is 19.1. The number of allylic oxidation sites excluding steroid dienone is 2. The van der Waals surface area contributed by atoms with Gasteiger partial charge in [-0.1, -0.05) is 32.0 Å². The predicted molar refractivity (Wildman–Crippen MR) is 128 cm³/mol. The summed E-state index contributed by atoms with van der Waals surface area (Å²) in [5, 5.41) is 3.36. The van der Waals surface area contributed by atoms with Crippen LogP contribution in [0.25, 0.3) is 17.0 Å². The first kappa shape index (κ1) is 24.9. The minimum Gasteiger partial charge on any atom is -0.497 e. The van der Waals surface area contributed by atoms with Crippen molar-refractivity contribution in [3.05, 3.63) is 64.6 Å². The smallest absolute Gasteiger partial charge is 0.143 e. The normalized spacial score (nSPS) is 11.4. The van der Waals surface area contributed by atoms with E-state index in [9.17, 15) is 8.78 Å². The topological polar surface area (TPSA) is 65.1 Å².